The molecule has 3 aromatic carbocycles. The van der Waals surface area contributed by atoms with Crippen molar-refractivity contribution in [2.75, 3.05) is 52.8 Å². The number of ether oxygens (including phenoxy) is 3. The van der Waals surface area contributed by atoms with Crippen LogP contribution in [0.1, 0.15) is 56.7 Å². The molecule has 7 amide bonds. The van der Waals surface area contributed by atoms with E-state index in [2.05, 4.69) is 31.9 Å². The molecule has 24 heteroatoms. The average molecular weight is 1060 g/mol. The van der Waals surface area contributed by atoms with Gasteiger partial charge in [-0.25, -0.2) is 4.79 Å². The minimum Gasteiger partial charge on any atom is -0.508 e. The first-order valence-corrected chi connectivity index (χ1v) is 24.7. The number of likely N-dealkylation sites (tertiary alicyclic amines) is 1. The van der Waals surface area contributed by atoms with Gasteiger partial charge in [0.05, 0.1) is 46.1 Å². The van der Waals surface area contributed by atoms with Gasteiger partial charge in [0.25, 0.3) is 0 Å². The number of phenolic OH excluding ortho intramolecular Hbond substituents is 2. The van der Waals surface area contributed by atoms with Crippen LogP contribution in [0, 0.1) is 5.92 Å². The molecule has 11 N–H and O–H groups in total. The van der Waals surface area contributed by atoms with E-state index in [-0.39, 0.29) is 83.2 Å². The number of carbonyl (C=O) groups is 9. The number of esters is 1. The Morgan fingerprint density at radius 2 is 1.04 bits per heavy atom. The summed E-state index contributed by atoms with van der Waals surface area (Å²) in [5, 5.41) is 64.2. The Labute approximate surface area is 439 Å². The van der Waals surface area contributed by atoms with E-state index in [4.69, 9.17) is 19.3 Å². The number of benzene rings is 3. The van der Waals surface area contributed by atoms with Crippen molar-refractivity contribution in [1.82, 2.24) is 36.8 Å². The van der Waals surface area contributed by atoms with Crippen molar-refractivity contribution in [1.29, 1.82) is 0 Å². The predicted octanol–water partition coefficient (Wildman–Crippen LogP) is -1.26. The molecule has 0 saturated carbocycles. The maximum Gasteiger partial charge on any atom is 0.328 e. The number of aliphatic carboxylic acids is 1. The number of aliphatic hydroxyl groups is 2. The zero-order chi connectivity index (χ0) is 55.7. The number of rotatable bonds is 31. The molecule has 1 heterocycles. The Balaban J connectivity index is 1.48. The topological polar surface area (TPSA) is 358 Å². The molecule has 0 spiro atoms. The van der Waals surface area contributed by atoms with Crippen LogP contribution in [0.2, 0.25) is 0 Å². The summed E-state index contributed by atoms with van der Waals surface area (Å²) in [7, 11) is 0. The summed E-state index contributed by atoms with van der Waals surface area (Å²) in [5.41, 5.74) is 1.60. The first kappa shape index (κ1) is 60.9. The number of phenols is 2. The van der Waals surface area contributed by atoms with Gasteiger partial charge >= 0.3 is 11.9 Å². The molecule has 1 saturated heterocycles. The average Bonchev–Trinajstić information content (AvgIpc) is 3.89. The van der Waals surface area contributed by atoms with E-state index in [9.17, 15) is 63.6 Å². The first-order valence-electron chi connectivity index (χ1n) is 24.7. The van der Waals surface area contributed by atoms with Crippen LogP contribution >= 0.6 is 0 Å². The smallest absolute Gasteiger partial charge is 0.328 e. The maximum atomic E-state index is 14.7. The van der Waals surface area contributed by atoms with Crippen LogP contribution < -0.4 is 31.9 Å². The third-order valence-corrected chi connectivity index (χ3v) is 12.0. The molecule has 0 radical (unpaired) electrons. The second-order valence-electron chi connectivity index (χ2n) is 18.2. The zero-order valence-electron chi connectivity index (χ0n) is 42.6. The molecule has 1 fully saturated rings. The van der Waals surface area contributed by atoms with E-state index in [1.165, 1.54) is 60.4 Å². The van der Waals surface area contributed by atoms with Crippen LogP contribution in [0.15, 0.2) is 78.9 Å². The first-order chi connectivity index (χ1) is 36.3. The molecule has 0 aliphatic carbocycles. The van der Waals surface area contributed by atoms with Gasteiger partial charge in [0, 0.05) is 32.7 Å². The second-order valence-corrected chi connectivity index (χ2v) is 18.2. The summed E-state index contributed by atoms with van der Waals surface area (Å²) in [6.07, 6.45) is -0.0665. The lowest BCUT2D eigenvalue weighted by Gasteiger charge is -2.31. The highest BCUT2D eigenvalue weighted by Gasteiger charge is 2.40. The van der Waals surface area contributed by atoms with E-state index in [1.54, 1.807) is 44.2 Å². The molecule has 76 heavy (non-hydrogen) atoms. The third-order valence-electron chi connectivity index (χ3n) is 12.0. The Morgan fingerprint density at radius 3 is 1.58 bits per heavy atom. The zero-order valence-corrected chi connectivity index (χ0v) is 42.6. The fourth-order valence-electron chi connectivity index (χ4n) is 7.95. The number of carboxylic acids is 1. The van der Waals surface area contributed by atoms with Crippen LogP contribution in [0.3, 0.4) is 0 Å². The lowest BCUT2D eigenvalue weighted by atomic mass is 10.0. The fourth-order valence-corrected chi connectivity index (χ4v) is 7.95. The quantitative estimate of drug-likeness (QED) is 0.0265. The van der Waals surface area contributed by atoms with Crippen LogP contribution in [0.4, 0.5) is 0 Å². The number of aromatic hydroxyl groups is 2. The highest BCUT2D eigenvalue weighted by Crippen LogP contribution is 2.21. The van der Waals surface area contributed by atoms with E-state index >= 15 is 0 Å². The summed E-state index contributed by atoms with van der Waals surface area (Å²) >= 11 is 0. The Hall–Kier alpha value is -7.67. The van der Waals surface area contributed by atoms with E-state index in [1.807, 2.05) is 0 Å². The number of carboxylic acid groups (broad SMARTS) is 1. The number of aliphatic hydroxyl groups excluding tert-OH is 2. The number of carbonyl (C=O) groups excluding carboxylic acids is 8. The molecule has 7 atom stereocenters. The molecule has 414 valence electrons. The second kappa shape index (κ2) is 31.3. The Morgan fingerprint density at radius 1 is 0.579 bits per heavy atom. The standard InChI is InChI=1S/C52H69N7O17/c1-31(2)45(52(73)76-25-24-75-23-22-74-21-19-44(65)66)58-49(70)42(30-61)57-50(71)43-10-7-20-59(43)51(72)40(28-33-8-5-4-6-9-33)55-47(68)39(27-35-13-17-37(64)18-14-35)54-48(69)41(29-60)56-46(67)38(53-32(3)62)26-34-11-15-36(63)16-12-34/h4-6,8-9,11-18,31,38-43,45,60-61,63-64H,7,10,19-30H2,1-3H3,(H,53,62)(H,54,69)(H,55,68)(H,56,67)(H,57,71)(H,58,70)(H,65,66)/t38-,39-,40-,41-,42-,43-,45+/m0/s1. The molecular formula is C52H69N7O17. The molecule has 24 nitrogen and oxygen atoms in total. The highest BCUT2D eigenvalue weighted by atomic mass is 16.6. The summed E-state index contributed by atoms with van der Waals surface area (Å²) < 4.78 is 15.7. The van der Waals surface area contributed by atoms with Gasteiger partial charge in [-0.2, -0.15) is 0 Å². The minimum absolute atomic E-state index is 0.0119. The Kier molecular flexibility index (Phi) is 25.0. The van der Waals surface area contributed by atoms with Crippen molar-refractivity contribution in [3.05, 3.63) is 95.6 Å². The maximum absolute atomic E-state index is 14.7. The van der Waals surface area contributed by atoms with Crippen LogP contribution in [-0.2, 0) is 76.6 Å². The number of amides is 7. The Bertz CT molecular complexity index is 2410. The van der Waals surface area contributed by atoms with Crippen molar-refractivity contribution >= 4 is 53.3 Å². The SMILES string of the molecule is CC(=O)N[C@@H](Cc1ccc(O)cc1)C(=O)N[C@@H](CO)C(=O)N[C@@H](Cc1ccc(O)cc1)C(=O)N[C@@H](Cc1ccccc1)C(=O)N1CCC[C@H]1C(=O)N[C@@H](CO)C(=O)N[C@@H](C(=O)OCCOCCOCCC(=O)O)C(C)C. The van der Waals surface area contributed by atoms with Gasteiger partial charge in [-0.05, 0) is 59.7 Å². The number of nitrogens with zero attached hydrogens (tertiary/aromatic N) is 1. The molecule has 4 rings (SSSR count). The van der Waals surface area contributed by atoms with Crippen molar-refractivity contribution in [2.45, 2.75) is 102 Å². The van der Waals surface area contributed by atoms with Gasteiger partial charge in [0.15, 0.2) is 0 Å². The third kappa shape index (κ3) is 20.2. The number of nitrogens with one attached hydrogen (secondary N) is 6. The van der Waals surface area contributed by atoms with Gasteiger partial charge in [0.2, 0.25) is 41.4 Å². The van der Waals surface area contributed by atoms with Crippen LogP contribution in [-0.4, -0.2) is 179 Å². The van der Waals surface area contributed by atoms with Gasteiger partial charge in [-0.1, -0.05) is 68.4 Å². The van der Waals surface area contributed by atoms with Crippen molar-refractivity contribution in [2.24, 2.45) is 5.92 Å². The van der Waals surface area contributed by atoms with Gasteiger partial charge in [-0.3, -0.25) is 38.4 Å². The molecule has 0 aromatic heterocycles. The lowest BCUT2D eigenvalue weighted by Crippen LogP contribution is -2.61. The number of hydrogen-bond acceptors (Lipinski definition) is 16. The summed E-state index contributed by atoms with van der Waals surface area (Å²) in [4.78, 5) is 121. The minimum atomic E-state index is -1.65. The van der Waals surface area contributed by atoms with E-state index < -0.39 is 115 Å². The molecule has 1 aliphatic heterocycles. The molecule has 3 aromatic rings. The highest BCUT2D eigenvalue weighted by molar-refractivity contribution is 5.98. The molecule has 1 aliphatic rings. The predicted molar refractivity (Wildman–Crippen MR) is 270 cm³/mol. The van der Waals surface area contributed by atoms with Crippen molar-refractivity contribution in [3.8, 4) is 11.5 Å². The summed E-state index contributed by atoms with van der Waals surface area (Å²) in [6, 6.07) is 10.5. The van der Waals surface area contributed by atoms with Crippen LogP contribution in [0.5, 0.6) is 11.5 Å². The molecule has 0 unspecified atom stereocenters. The van der Waals surface area contributed by atoms with Gasteiger partial charge in [-0.15, -0.1) is 0 Å². The largest absolute Gasteiger partial charge is 0.508 e. The van der Waals surface area contributed by atoms with E-state index in [0.717, 1.165) is 0 Å². The lowest BCUT2D eigenvalue weighted by molar-refractivity contribution is -0.151. The number of hydrogen-bond donors (Lipinski definition) is 11. The van der Waals surface area contributed by atoms with Gasteiger partial charge < -0.3 is 76.5 Å². The monoisotopic (exact) mass is 1060 g/mol. The summed E-state index contributed by atoms with van der Waals surface area (Å²) in [6.45, 7) is 2.72. The van der Waals surface area contributed by atoms with Crippen LogP contribution in [0.25, 0.3) is 0 Å². The van der Waals surface area contributed by atoms with Gasteiger partial charge in [0.1, 0.15) is 60.4 Å². The normalized spacial score (nSPS) is 15.4. The van der Waals surface area contributed by atoms with Crippen molar-refractivity contribution in [3.63, 3.8) is 0 Å². The summed E-state index contributed by atoms with van der Waals surface area (Å²) in [5.74, 6) is -8.18. The molecule has 0 bridgehead atoms. The van der Waals surface area contributed by atoms with Crippen molar-refractivity contribution < 1.29 is 82.9 Å². The molecular weight excluding hydrogens is 995 g/mol. The fraction of sp³-hybridized carbons (Fsp3) is 0.481. The van der Waals surface area contributed by atoms with E-state index in [0.29, 0.717) is 23.1 Å².